The first-order valence-electron chi connectivity index (χ1n) is 9.24. The third-order valence-electron chi connectivity index (χ3n) is 5.58. The van der Waals surface area contributed by atoms with Crippen molar-refractivity contribution in [2.24, 2.45) is 0 Å². The Labute approximate surface area is 177 Å². The lowest BCUT2D eigenvalue weighted by Gasteiger charge is -2.15. The molecule has 0 aliphatic heterocycles. The number of sulfonamides is 1. The topological polar surface area (TPSA) is 96.6 Å². The Kier molecular flexibility index (Phi) is 4.18. The summed E-state index contributed by atoms with van der Waals surface area (Å²) in [4.78, 5) is 11.9. The molecule has 0 amide bonds. The van der Waals surface area contributed by atoms with Crippen molar-refractivity contribution in [1.82, 2.24) is 4.72 Å². The number of carboxylic acid groups (broad SMARTS) is 1. The van der Waals surface area contributed by atoms with Crippen LogP contribution in [0.4, 0.5) is 0 Å². The van der Waals surface area contributed by atoms with Crippen LogP contribution in [0.5, 0.6) is 0 Å². The van der Waals surface area contributed by atoms with Gasteiger partial charge >= 0.3 is 5.97 Å². The van der Waals surface area contributed by atoms with E-state index in [-0.39, 0.29) is 11.3 Å². The summed E-state index contributed by atoms with van der Waals surface area (Å²) in [6.45, 7) is 0. The molecule has 2 N–H and O–H groups in total. The third-order valence-corrected chi connectivity index (χ3v) is 7.32. The van der Waals surface area contributed by atoms with Gasteiger partial charge in [-0.3, -0.25) is 4.79 Å². The highest BCUT2D eigenvalue weighted by atomic mass is 35.5. The number of fused-ring (bicyclic) bond motifs is 3. The predicted octanol–water partition coefficient (Wildman–Crippen LogP) is 4.53. The quantitative estimate of drug-likeness (QED) is 0.474. The molecule has 0 spiro atoms. The van der Waals surface area contributed by atoms with Crippen LogP contribution >= 0.6 is 11.6 Å². The zero-order valence-electron chi connectivity index (χ0n) is 15.5. The Morgan fingerprint density at radius 2 is 1.70 bits per heavy atom. The first-order valence-corrected chi connectivity index (χ1v) is 11.1. The van der Waals surface area contributed by atoms with E-state index in [1.807, 2.05) is 12.1 Å². The molecule has 1 saturated carbocycles. The third kappa shape index (κ3) is 2.98. The van der Waals surface area contributed by atoms with Crippen molar-refractivity contribution in [2.75, 3.05) is 0 Å². The van der Waals surface area contributed by atoms with Gasteiger partial charge in [-0.15, -0.1) is 0 Å². The van der Waals surface area contributed by atoms with Gasteiger partial charge in [0.05, 0.1) is 4.90 Å². The molecule has 4 aromatic rings. The van der Waals surface area contributed by atoms with Crippen LogP contribution in [0.2, 0.25) is 5.02 Å². The first-order chi connectivity index (χ1) is 14.3. The van der Waals surface area contributed by atoms with Gasteiger partial charge in [-0.25, -0.2) is 8.42 Å². The van der Waals surface area contributed by atoms with Crippen LogP contribution in [0, 0.1) is 0 Å². The maximum Gasteiger partial charge on any atom is 0.325 e. The van der Waals surface area contributed by atoms with Crippen LogP contribution in [0.25, 0.3) is 21.9 Å². The average molecular weight is 442 g/mol. The van der Waals surface area contributed by atoms with Crippen LogP contribution in [0.1, 0.15) is 17.9 Å². The SMILES string of the molecule is O=C(O)[C@]1(NS(=O)(=O)c2ccc3c(c2)oc2cc(Cl)ccc23)C[C@@H]1c1ccccc1. The van der Waals surface area contributed by atoms with E-state index in [2.05, 4.69) is 4.72 Å². The minimum Gasteiger partial charge on any atom is -0.480 e. The van der Waals surface area contributed by atoms with Crippen LogP contribution in [-0.2, 0) is 14.8 Å². The highest BCUT2D eigenvalue weighted by molar-refractivity contribution is 7.89. The van der Waals surface area contributed by atoms with Crippen molar-refractivity contribution in [3.63, 3.8) is 0 Å². The Bertz CT molecular complexity index is 1410. The Morgan fingerprint density at radius 1 is 1.03 bits per heavy atom. The van der Waals surface area contributed by atoms with Crippen molar-refractivity contribution in [1.29, 1.82) is 0 Å². The number of hydrogen-bond donors (Lipinski definition) is 2. The molecule has 0 radical (unpaired) electrons. The van der Waals surface area contributed by atoms with Crippen molar-refractivity contribution in [3.05, 3.63) is 77.3 Å². The second-order valence-corrected chi connectivity index (χ2v) is 9.57. The zero-order valence-corrected chi connectivity index (χ0v) is 17.1. The molecule has 6 nitrogen and oxygen atoms in total. The van der Waals surface area contributed by atoms with Crippen molar-refractivity contribution in [3.8, 4) is 0 Å². The van der Waals surface area contributed by atoms with Crippen molar-refractivity contribution >= 4 is 49.5 Å². The number of carbonyl (C=O) groups is 1. The molecule has 0 saturated heterocycles. The Hall–Kier alpha value is -2.87. The molecule has 0 bridgehead atoms. The van der Waals surface area contributed by atoms with Gasteiger partial charge in [0.2, 0.25) is 10.0 Å². The van der Waals surface area contributed by atoms with Gasteiger partial charge in [-0.2, -0.15) is 4.72 Å². The van der Waals surface area contributed by atoms with Crippen molar-refractivity contribution in [2.45, 2.75) is 22.8 Å². The Morgan fingerprint density at radius 3 is 2.40 bits per heavy atom. The average Bonchev–Trinajstić information content (AvgIpc) is 3.33. The molecule has 1 aliphatic rings. The lowest BCUT2D eigenvalue weighted by Crippen LogP contribution is -2.44. The fraction of sp³-hybridized carbons (Fsp3) is 0.136. The van der Waals surface area contributed by atoms with Gasteiger partial charge < -0.3 is 9.52 Å². The van der Waals surface area contributed by atoms with E-state index in [1.54, 1.807) is 42.5 Å². The number of benzene rings is 3. The van der Waals surface area contributed by atoms with Crippen LogP contribution in [0.3, 0.4) is 0 Å². The zero-order chi connectivity index (χ0) is 21.1. The molecule has 1 fully saturated rings. The summed E-state index contributed by atoms with van der Waals surface area (Å²) in [5, 5.41) is 11.9. The monoisotopic (exact) mass is 441 g/mol. The summed E-state index contributed by atoms with van der Waals surface area (Å²) in [7, 11) is -4.10. The van der Waals surface area contributed by atoms with E-state index in [1.165, 1.54) is 12.1 Å². The molecule has 1 heterocycles. The van der Waals surface area contributed by atoms with Crippen LogP contribution in [0.15, 0.2) is 76.0 Å². The van der Waals surface area contributed by atoms with Gasteiger partial charge in [0.1, 0.15) is 16.7 Å². The summed E-state index contributed by atoms with van der Waals surface area (Å²) in [6.07, 6.45) is 0.191. The van der Waals surface area contributed by atoms with E-state index in [4.69, 9.17) is 16.0 Å². The predicted molar refractivity (Wildman–Crippen MR) is 113 cm³/mol. The lowest BCUT2D eigenvalue weighted by molar-refractivity contribution is -0.140. The second kappa shape index (κ2) is 6.57. The number of furan rings is 1. The Balaban J connectivity index is 1.52. The summed E-state index contributed by atoms with van der Waals surface area (Å²) >= 11 is 6.00. The van der Waals surface area contributed by atoms with Crippen molar-refractivity contribution < 1.29 is 22.7 Å². The fourth-order valence-electron chi connectivity index (χ4n) is 3.94. The van der Waals surface area contributed by atoms with Gasteiger partial charge in [-0.1, -0.05) is 41.9 Å². The maximum atomic E-state index is 13.0. The fourth-order valence-corrected chi connectivity index (χ4v) is 5.52. The van der Waals surface area contributed by atoms with Gasteiger partial charge in [0, 0.05) is 33.8 Å². The first kappa shape index (κ1) is 19.1. The molecule has 1 aliphatic carbocycles. The molecule has 152 valence electrons. The molecule has 3 aromatic carbocycles. The highest BCUT2D eigenvalue weighted by Gasteiger charge is 2.63. The van der Waals surface area contributed by atoms with E-state index in [9.17, 15) is 18.3 Å². The number of hydrogen-bond acceptors (Lipinski definition) is 4. The minimum absolute atomic E-state index is 0.0560. The number of nitrogens with one attached hydrogen (secondary N) is 1. The van der Waals surface area contributed by atoms with E-state index >= 15 is 0 Å². The summed E-state index contributed by atoms with van der Waals surface area (Å²) in [6, 6.07) is 18.7. The van der Waals surface area contributed by atoms with E-state index < -0.39 is 27.4 Å². The minimum atomic E-state index is -4.10. The second-order valence-electron chi connectivity index (χ2n) is 7.45. The standard InChI is InChI=1S/C22H16ClNO5S/c23-14-6-8-16-17-9-7-15(11-20(17)29-19(16)10-14)30(27,28)24-22(21(25)26)12-18(22)13-4-2-1-3-5-13/h1-11,18,24H,12H2,(H,25,26)/t18-,22+/m1/s1. The number of halogens is 1. The number of rotatable bonds is 5. The number of aliphatic carboxylic acids is 1. The summed E-state index contributed by atoms with van der Waals surface area (Å²) < 4.78 is 34.3. The van der Waals surface area contributed by atoms with Crippen LogP contribution < -0.4 is 4.72 Å². The molecule has 8 heteroatoms. The van der Waals surface area contributed by atoms with E-state index in [0.29, 0.717) is 16.2 Å². The molecule has 2 atom stereocenters. The molecular weight excluding hydrogens is 426 g/mol. The summed E-state index contributed by atoms with van der Waals surface area (Å²) in [5.41, 5.74) is 0.159. The summed E-state index contributed by atoms with van der Waals surface area (Å²) in [5.74, 6) is -1.62. The van der Waals surface area contributed by atoms with Gasteiger partial charge in [0.25, 0.3) is 0 Å². The highest BCUT2D eigenvalue weighted by Crippen LogP contribution is 2.52. The molecule has 0 unspecified atom stereocenters. The lowest BCUT2D eigenvalue weighted by atomic mass is 10.1. The molecular formula is C22H16ClNO5S. The molecule has 1 aromatic heterocycles. The normalized spacial score (nSPS) is 21.2. The van der Waals surface area contributed by atoms with E-state index in [0.717, 1.165) is 16.3 Å². The molecule has 5 rings (SSSR count). The smallest absolute Gasteiger partial charge is 0.325 e. The number of carboxylic acids is 1. The largest absolute Gasteiger partial charge is 0.480 e. The van der Waals surface area contributed by atoms with Gasteiger partial charge in [-0.05, 0) is 36.2 Å². The molecule has 30 heavy (non-hydrogen) atoms. The maximum absolute atomic E-state index is 13.0. The van der Waals surface area contributed by atoms with Gasteiger partial charge in [0.15, 0.2) is 0 Å². The van der Waals surface area contributed by atoms with Crippen LogP contribution in [-0.4, -0.2) is 25.0 Å².